The minimum atomic E-state index is 0.0976. The molecule has 1 aromatic carbocycles. The second-order valence-corrected chi connectivity index (χ2v) is 5.48. The van der Waals surface area contributed by atoms with E-state index >= 15 is 0 Å². The van der Waals surface area contributed by atoms with Crippen LogP contribution in [0.15, 0.2) is 36.5 Å². The number of aromatic nitrogens is 1. The Morgan fingerprint density at radius 1 is 1.29 bits per heavy atom. The van der Waals surface area contributed by atoms with Gasteiger partial charge in [0.1, 0.15) is 0 Å². The number of hydrazine groups is 1. The third-order valence-electron chi connectivity index (χ3n) is 3.40. The summed E-state index contributed by atoms with van der Waals surface area (Å²) < 4.78 is 5.05. The summed E-state index contributed by atoms with van der Waals surface area (Å²) in [5.41, 5.74) is 6.19. The minimum absolute atomic E-state index is 0.0976. The highest BCUT2D eigenvalue weighted by atomic mass is 35.5. The minimum Gasteiger partial charge on any atom is -0.481 e. The van der Waals surface area contributed by atoms with Crippen LogP contribution in [0.2, 0.25) is 5.02 Å². The number of nitrogens with two attached hydrogens (primary N) is 1. The molecule has 1 heterocycles. The molecule has 4 nitrogen and oxygen atoms in total. The Balaban J connectivity index is 2.05. The SMILES string of the molecule is COc1ccc(CC(Cc2ccc(C)cc2Cl)NN)cn1. The number of hydrogen-bond donors (Lipinski definition) is 2. The Kier molecular flexibility index (Phi) is 5.56. The second kappa shape index (κ2) is 7.41. The van der Waals surface area contributed by atoms with Crippen LogP contribution in [-0.2, 0) is 12.8 Å². The van der Waals surface area contributed by atoms with Crippen molar-refractivity contribution in [3.63, 3.8) is 0 Å². The number of nitrogens with zero attached hydrogens (tertiary/aromatic N) is 1. The van der Waals surface area contributed by atoms with Crippen LogP contribution in [0.1, 0.15) is 16.7 Å². The van der Waals surface area contributed by atoms with E-state index in [1.807, 2.05) is 31.2 Å². The normalized spacial score (nSPS) is 12.2. The summed E-state index contributed by atoms with van der Waals surface area (Å²) >= 11 is 6.28. The predicted octanol–water partition coefficient (Wildman–Crippen LogP) is 2.67. The van der Waals surface area contributed by atoms with Gasteiger partial charge in [0.2, 0.25) is 5.88 Å². The molecule has 1 atom stereocenters. The maximum absolute atomic E-state index is 6.28. The number of aryl methyl sites for hydroxylation is 1. The zero-order chi connectivity index (χ0) is 15.2. The van der Waals surface area contributed by atoms with E-state index in [1.165, 1.54) is 0 Å². The van der Waals surface area contributed by atoms with E-state index in [-0.39, 0.29) is 6.04 Å². The highest BCUT2D eigenvalue weighted by Crippen LogP contribution is 2.20. The lowest BCUT2D eigenvalue weighted by atomic mass is 9.99. The maximum Gasteiger partial charge on any atom is 0.212 e. The first-order chi connectivity index (χ1) is 10.1. The fourth-order valence-electron chi connectivity index (χ4n) is 2.21. The summed E-state index contributed by atoms with van der Waals surface area (Å²) in [7, 11) is 1.60. The lowest BCUT2D eigenvalue weighted by Crippen LogP contribution is -2.38. The lowest BCUT2D eigenvalue weighted by molar-refractivity contribution is 0.397. The molecule has 0 bridgehead atoms. The lowest BCUT2D eigenvalue weighted by Gasteiger charge is -2.17. The number of rotatable bonds is 6. The molecule has 0 amide bonds. The van der Waals surface area contributed by atoms with Crippen molar-refractivity contribution in [2.24, 2.45) is 5.84 Å². The van der Waals surface area contributed by atoms with Crippen molar-refractivity contribution in [2.45, 2.75) is 25.8 Å². The van der Waals surface area contributed by atoms with Crippen LogP contribution in [0, 0.1) is 6.92 Å². The molecule has 0 aliphatic rings. The van der Waals surface area contributed by atoms with Gasteiger partial charge in [-0.2, -0.15) is 0 Å². The molecule has 1 aromatic heterocycles. The molecule has 2 aromatic rings. The van der Waals surface area contributed by atoms with Gasteiger partial charge in [-0.15, -0.1) is 0 Å². The van der Waals surface area contributed by atoms with Crippen molar-refractivity contribution in [1.29, 1.82) is 0 Å². The molecule has 0 saturated carbocycles. The fraction of sp³-hybridized carbons (Fsp3) is 0.312. The van der Waals surface area contributed by atoms with Crippen molar-refractivity contribution >= 4 is 11.6 Å². The third kappa shape index (κ3) is 4.43. The molecule has 112 valence electrons. The van der Waals surface area contributed by atoms with Crippen molar-refractivity contribution < 1.29 is 4.74 Å². The second-order valence-electron chi connectivity index (χ2n) is 5.08. The number of benzene rings is 1. The molecule has 0 spiro atoms. The number of hydrogen-bond acceptors (Lipinski definition) is 4. The van der Waals surface area contributed by atoms with Gasteiger partial charge in [-0.25, -0.2) is 4.98 Å². The van der Waals surface area contributed by atoms with Gasteiger partial charge in [-0.3, -0.25) is 11.3 Å². The van der Waals surface area contributed by atoms with Gasteiger partial charge in [0, 0.05) is 23.3 Å². The average Bonchev–Trinajstić information content (AvgIpc) is 2.49. The first-order valence-corrected chi connectivity index (χ1v) is 7.20. The van der Waals surface area contributed by atoms with Gasteiger partial charge < -0.3 is 4.74 Å². The van der Waals surface area contributed by atoms with E-state index < -0.39 is 0 Å². The summed E-state index contributed by atoms with van der Waals surface area (Å²) in [6, 6.07) is 10.0. The van der Waals surface area contributed by atoms with E-state index in [0.717, 1.165) is 34.6 Å². The smallest absolute Gasteiger partial charge is 0.212 e. The first-order valence-electron chi connectivity index (χ1n) is 6.82. The summed E-state index contributed by atoms with van der Waals surface area (Å²) in [5.74, 6) is 6.28. The maximum atomic E-state index is 6.28. The van der Waals surface area contributed by atoms with Crippen LogP contribution in [0.5, 0.6) is 5.88 Å². The van der Waals surface area contributed by atoms with E-state index in [1.54, 1.807) is 13.3 Å². The van der Waals surface area contributed by atoms with Crippen LogP contribution < -0.4 is 16.0 Å². The molecule has 0 aliphatic carbocycles. The molecule has 0 radical (unpaired) electrons. The largest absolute Gasteiger partial charge is 0.481 e. The van der Waals surface area contributed by atoms with Gasteiger partial charge in [0.05, 0.1) is 7.11 Å². The number of ether oxygens (including phenoxy) is 1. The molecule has 0 saturated heterocycles. The Morgan fingerprint density at radius 2 is 2.10 bits per heavy atom. The highest BCUT2D eigenvalue weighted by molar-refractivity contribution is 6.31. The summed E-state index contributed by atoms with van der Waals surface area (Å²) in [6.07, 6.45) is 3.35. The van der Waals surface area contributed by atoms with Gasteiger partial charge in [-0.05, 0) is 42.5 Å². The average molecular weight is 306 g/mol. The van der Waals surface area contributed by atoms with Crippen LogP contribution >= 0.6 is 11.6 Å². The highest BCUT2D eigenvalue weighted by Gasteiger charge is 2.11. The number of methoxy groups -OCH3 is 1. The van der Waals surface area contributed by atoms with E-state index in [4.69, 9.17) is 22.2 Å². The van der Waals surface area contributed by atoms with Crippen LogP contribution in [0.3, 0.4) is 0 Å². The standard InChI is InChI=1S/C16H20ClN3O/c1-11-3-5-13(15(17)7-11)9-14(20-18)8-12-4-6-16(21-2)19-10-12/h3-7,10,14,20H,8-9,18H2,1-2H3. The van der Waals surface area contributed by atoms with Gasteiger partial charge in [0.15, 0.2) is 0 Å². The van der Waals surface area contributed by atoms with Crippen LogP contribution in [-0.4, -0.2) is 18.1 Å². The quantitative estimate of drug-likeness (QED) is 0.636. The molecule has 2 rings (SSSR count). The van der Waals surface area contributed by atoms with Gasteiger partial charge in [-0.1, -0.05) is 29.8 Å². The molecule has 3 N–H and O–H groups in total. The van der Waals surface area contributed by atoms with Crippen molar-refractivity contribution in [3.05, 3.63) is 58.2 Å². The summed E-state index contributed by atoms with van der Waals surface area (Å²) in [5, 5.41) is 0.781. The molecule has 1 unspecified atom stereocenters. The molecular formula is C16H20ClN3O. The number of nitrogens with one attached hydrogen (secondary N) is 1. The molecule has 5 heteroatoms. The molecule has 21 heavy (non-hydrogen) atoms. The van der Waals surface area contributed by atoms with Crippen molar-refractivity contribution in [2.75, 3.05) is 7.11 Å². The predicted molar refractivity (Wildman–Crippen MR) is 85.5 cm³/mol. The zero-order valence-corrected chi connectivity index (χ0v) is 13.0. The topological polar surface area (TPSA) is 60.2 Å². The monoisotopic (exact) mass is 305 g/mol. The summed E-state index contributed by atoms with van der Waals surface area (Å²) in [6.45, 7) is 2.03. The Hall–Kier alpha value is -1.62. The Bertz CT molecular complexity index is 587. The van der Waals surface area contributed by atoms with Gasteiger partial charge in [0.25, 0.3) is 0 Å². The Labute approximate surface area is 130 Å². The van der Waals surface area contributed by atoms with E-state index in [0.29, 0.717) is 5.88 Å². The van der Waals surface area contributed by atoms with Crippen molar-refractivity contribution in [1.82, 2.24) is 10.4 Å². The van der Waals surface area contributed by atoms with E-state index in [9.17, 15) is 0 Å². The fourth-order valence-corrected chi connectivity index (χ4v) is 2.52. The molecule has 0 aliphatic heterocycles. The first kappa shape index (κ1) is 15.8. The zero-order valence-electron chi connectivity index (χ0n) is 12.3. The Morgan fingerprint density at radius 3 is 2.67 bits per heavy atom. The molecular weight excluding hydrogens is 286 g/mol. The number of pyridine rings is 1. The van der Waals surface area contributed by atoms with Crippen LogP contribution in [0.25, 0.3) is 0 Å². The van der Waals surface area contributed by atoms with E-state index in [2.05, 4.69) is 16.5 Å². The number of halogens is 1. The third-order valence-corrected chi connectivity index (χ3v) is 3.75. The van der Waals surface area contributed by atoms with Crippen molar-refractivity contribution in [3.8, 4) is 5.88 Å². The summed E-state index contributed by atoms with van der Waals surface area (Å²) in [4.78, 5) is 4.20. The van der Waals surface area contributed by atoms with Crippen LogP contribution in [0.4, 0.5) is 0 Å². The molecule has 0 fully saturated rings. The van der Waals surface area contributed by atoms with Gasteiger partial charge >= 0.3 is 0 Å².